The Labute approximate surface area is 316 Å². The van der Waals surface area contributed by atoms with Crippen LogP contribution >= 0.6 is 0 Å². The maximum absolute atomic E-state index is 10.0. The molecular formula is C50H29N5. The molecule has 0 bridgehead atoms. The van der Waals surface area contributed by atoms with Gasteiger partial charge in [-0.1, -0.05) is 103 Å². The lowest BCUT2D eigenvalue weighted by molar-refractivity contribution is 1.15. The SMILES string of the molecule is N#Cc1ccc(-c2ccc(-n3c4ccccc4c4ccc(-n5c6ccccc6c6ccccc65)cc43)cc2)c(-n2c3ccccc3c3ccc(C#N)cc32)c1. The Hall–Kier alpha value is -7.86. The fraction of sp³-hybridized carbons (Fsp3) is 0. The lowest BCUT2D eigenvalue weighted by atomic mass is 10.0. The van der Waals surface area contributed by atoms with Gasteiger partial charge in [0, 0.05) is 49.3 Å². The predicted octanol–water partition coefficient (Wildman–Crippen LogP) is 12.4. The summed E-state index contributed by atoms with van der Waals surface area (Å²) in [5.74, 6) is 0. The summed E-state index contributed by atoms with van der Waals surface area (Å²) in [5.41, 5.74) is 12.8. The molecule has 0 N–H and O–H groups in total. The summed E-state index contributed by atoms with van der Waals surface area (Å²) in [4.78, 5) is 0. The number of nitrogens with zero attached hydrogens (tertiary/aromatic N) is 5. The molecule has 11 rings (SSSR count). The third-order valence-corrected chi connectivity index (χ3v) is 11.1. The van der Waals surface area contributed by atoms with Gasteiger partial charge in [0.2, 0.25) is 0 Å². The molecule has 8 aromatic carbocycles. The highest BCUT2D eigenvalue weighted by atomic mass is 15.0. The monoisotopic (exact) mass is 699 g/mol. The summed E-state index contributed by atoms with van der Waals surface area (Å²) in [5, 5.41) is 26.9. The van der Waals surface area contributed by atoms with E-state index in [9.17, 15) is 10.5 Å². The number of para-hydroxylation sites is 4. The molecule has 3 aromatic heterocycles. The zero-order valence-corrected chi connectivity index (χ0v) is 29.5. The average molecular weight is 700 g/mol. The molecular weight excluding hydrogens is 671 g/mol. The van der Waals surface area contributed by atoms with Crippen LogP contribution in [0.4, 0.5) is 0 Å². The molecule has 5 heteroatoms. The number of aromatic nitrogens is 3. The second-order valence-electron chi connectivity index (χ2n) is 14.0. The summed E-state index contributed by atoms with van der Waals surface area (Å²) in [6, 6.07) is 66.0. The molecule has 0 saturated heterocycles. The van der Waals surface area contributed by atoms with E-state index in [-0.39, 0.29) is 0 Å². The van der Waals surface area contributed by atoms with Gasteiger partial charge >= 0.3 is 0 Å². The largest absolute Gasteiger partial charge is 0.309 e. The maximum Gasteiger partial charge on any atom is 0.0992 e. The van der Waals surface area contributed by atoms with Crippen LogP contribution < -0.4 is 0 Å². The number of hydrogen-bond acceptors (Lipinski definition) is 2. The van der Waals surface area contributed by atoms with Gasteiger partial charge in [0.25, 0.3) is 0 Å². The van der Waals surface area contributed by atoms with Crippen molar-refractivity contribution in [2.75, 3.05) is 0 Å². The van der Waals surface area contributed by atoms with Crippen LogP contribution in [0.25, 0.3) is 93.6 Å². The van der Waals surface area contributed by atoms with E-state index in [1.807, 2.05) is 48.5 Å². The fourth-order valence-corrected chi connectivity index (χ4v) is 8.70. The average Bonchev–Trinajstić information content (AvgIpc) is 3.88. The zero-order valence-electron chi connectivity index (χ0n) is 29.5. The van der Waals surface area contributed by atoms with Crippen molar-refractivity contribution in [3.63, 3.8) is 0 Å². The van der Waals surface area contributed by atoms with Crippen LogP contribution in [-0.2, 0) is 0 Å². The second kappa shape index (κ2) is 11.8. The summed E-state index contributed by atoms with van der Waals surface area (Å²) < 4.78 is 6.93. The molecule has 3 heterocycles. The van der Waals surface area contributed by atoms with Gasteiger partial charge in [-0.15, -0.1) is 0 Å². The third kappa shape index (κ3) is 4.51. The van der Waals surface area contributed by atoms with Gasteiger partial charge in [0.15, 0.2) is 0 Å². The van der Waals surface area contributed by atoms with Crippen molar-refractivity contribution in [2.45, 2.75) is 0 Å². The van der Waals surface area contributed by atoms with Crippen LogP contribution in [0.1, 0.15) is 11.1 Å². The Balaban J connectivity index is 1.11. The topological polar surface area (TPSA) is 62.4 Å². The molecule has 0 aliphatic carbocycles. The van der Waals surface area contributed by atoms with E-state index in [1.54, 1.807) is 0 Å². The molecule has 254 valence electrons. The Bertz CT molecular complexity index is 3400. The van der Waals surface area contributed by atoms with Crippen LogP contribution in [0, 0.1) is 22.7 Å². The molecule has 0 unspecified atom stereocenters. The molecule has 0 saturated carbocycles. The molecule has 11 aromatic rings. The van der Waals surface area contributed by atoms with Gasteiger partial charge in [-0.25, -0.2) is 0 Å². The fourth-order valence-electron chi connectivity index (χ4n) is 8.70. The Morgan fingerprint density at radius 2 is 0.745 bits per heavy atom. The van der Waals surface area contributed by atoms with Crippen molar-refractivity contribution in [1.29, 1.82) is 10.5 Å². The van der Waals surface area contributed by atoms with E-state index >= 15 is 0 Å². The first-order valence-corrected chi connectivity index (χ1v) is 18.3. The minimum absolute atomic E-state index is 0.571. The highest BCUT2D eigenvalue weighted by Crippen LogP contribution is 2.39. The summed E-state index contributed by atoms with van der Waals surface area (Å²) >= 11 is 0. The number of rotatable bonds is 4. The van der Waals surface area contributed by atoms with E-state index in [2.05, 4.69) is 153 Å². The van der Waals surface area contributed by atoms with Crippen molar-refractivity contribution in [1.82, 2.24) is 13.7 Å². The summed E-state index contributed by atoms with van der Waals surface area (Å²) in [7, 11) is 0. The van der Waals surface area contributed by atoms with E-state index in [4.69, 9.17) is 0 Å². The molecule has 0 radical (unpaired) electrons. The first kappa shape index (κ1) is 30.7. The number of hydrogen-bond donors (Lipinski definition) is 0. The molecule has 5 nitrogen and oxygen atoms in total. The first-order chi connectivity index (χ1) is 27.2. The maximum atomic E-state index is 10.0. The third-order valence-electron chi connectivity index (χ3n) is 11.1. The minimum atomic E-state index is 0.571. The first-order valence-electron chi connectivity index (χ1n) is 18.3. The number of fused-ring (bicyclic) bond motifs is 9. The van der Waals surface area contributed by atoms with Crippen LogP contribution in [-0.4, -0.2) is 13.7 Å². The van der Waals surface area contributed by atoms with E-state index in [0.717, 1.165) is 61.0 Å². The van der Waals surface area contributed by atoms with Gasteiger partial charge in [-0.05, 0) is 78.4 Å². The highest BCUT2D eigenvalue weighted by Gasteiger charge is 2.19. The van der Waals surface area contributed by atoms with Gasteiger partial charge in [0.05, 0.1) is 62.1 Å². The molecule has 0 aliphatic rings. The Morgan fingerprint density at radius 1 is 0.327 bits per heavy atom. The summed E-state index contributed by atoms with van der Waals surface area (Å²) in [6.07, 6.45) is 0. The van der Waals surface area contributed by atoms with Crippen molar-refractivity contribution >= 4 is 65.4 Å². The quantitative estimate of drug-likeness (QED) is 0.184. The minimum Gasteiger partial charge on any atom is -0.309 e. The Kier molecular flexibility index (Phi) is 6.61. The van der Waals surface area contributed by atoms with Gasteiger partial charge in [-0.2, -0.15) is 10.5 Å². The number of benzene rings is 8. The lowest BCUT2D eigenvalue weighted by Crippen LogP contribution is -1.99. The van der Waals surface area contributed by atoms with Crippen molar-refractivity contribution in [3.8, 4) is 40.3 Å². The number of nitriles is 2. The molecule has 0 aliphatic heterocycles. The Morgan fingerprint density at radius 3 is 1.31 bits per heavy atom. The highest BCUT2D eigenvalue weighted by molar-refractivity contribution is 6.12. The molecule has 0 spiro atoms. The zero-order chi connectivity index (χ0) is 36.6. The molecule has 55 heavy (non-hydrogen) atoms. The van der Waals surface area contributed by atoms with Crippen LogP contribution in [0.2, 0.25) is 0 Å². The van der Waals surface area contributed by atoms with E-state index < -0.39 is 0 Å². The van der Waals surface area contributed by atoms with E-state index in [0.29, 0.717) is 11.1 Å². The van der Waals surface area contributed by atoms with Crippen LogP contribution in [0.15, 0.2) is 176 Å². The van der Waals surface area contributed by atoms with Crippen molar-refractivity contribution in [2.24, 2.45) is 0 Å². The molecule has 0 atom stereocenters. The van der Waals surface area contributed by atoms with Crippen LogP contribution in [0.5, 0.6) is 0 Å². The second-order valence-corrected chi connectivity index (χ2v) is 14.0. The van der Waals surface area contributed by atoms with Gasteiger partial charge in [0.1, 0.15) is 0 Å². The predicted molar refractivity (Wildman–Crippen MR) is 224 cm³/mol. The summed E-state index contributed by atoms with van der Waals surface area (Å²) in [6.45, 7) is 0. The standard InChI is InChI=1S/C50H29N5/c51-30-32-17-24-37(48(27-32)55-47-16-8-4-12-41(47)42-25-18-33(31-52)28-49(42)55)34-19-21-35(22-20-34)53-44-13-5-3-11-40(44)43-26-23-36(29-50(43)53)54-45-14-6-1-9-38(45)39-10-2-7-15-46(39)54/h1-29H. The van der Waals surface area contributed by atoms with Gasteiger partial charge < -0.3 is 13.7 Å². The van der Waals surface area contributed by atoms with Crippen molar-refractivity contribution < 1.29 is 0 Å². The van der Waals surface area contributed by atoms with Crippen molar-refractivity contribution in [3.05, 3.63) is 187 Å². The van der Waals surface area contributed by atoms with Crippen LogP contribution in [0.3, 0.4) is 0 Å². The van der Waals surface area contributed by atoms with E-state index in [1.165, 1.54) is 32.6 Å². The normalized spacial score (nSPS) is 11.6. The molecule has 0 amide bonds. The van der Waals surface area contributed by atoms with Gasteiger partial charge in [-0.3, -0.25) is 0 Å². The smallest absolute Gasteiger partial charge is 0.0992 e. The molecule has 0 fully saturated rings. The lowest BCUT2D eigenvalue weighted by Gasteiger charge is -2.16.